The fourth-order valence-corrected chi connectivity index (χ4v) is 2.19. The molecule has 1 atom stereocenters. The van der Waals surface area contributed by atoms with Crippen LogP contribution in [0.5, 0.6) is 5.75 Å². The number of phenolic OH excluding ortho intramolecular Hbond substituents is 1. The summed E-state index contributed by atoms with van der Waals surface area (Å²) < 4.78 is 0. The zero-order chi connectivity index (χ0) is 15.0. The van der Waals surface area contributed by atoms with Gasteiger partial charge in [-0.15, -0.1) is 0 Å². The lowest BCUT2D eigenvalue weighted by atomic mass is 10.0. The third kappa shape index (κ3) is 2.36. The van der Waals surface area contributed by atoms with E-state index in [-0.39, 0.29) is 22.9 Å². The van der Waals surface area contributed by atoms with E-state index in [4.69, 9.17) is 0 Å². The van der Waals surface area contributed by atoms with Gasteiger partial charge in [-0.3, -0.25) is 14.9 Å². The second kappa shape index (κ2) is 4.78. The standard InChI is InChI=1S/C14H11N3O4/c18-10-4-1-8(2-5-10)13-15-12-6-3-9(17(20)21)7-11(12)14(19)16-13/h1-7,13,15,18H,(H,16,19). The van der Waals surface area contributed by atoms with Crippen molar-refractivity contribution in [2.24, 2.45) is 0 Å². The zero-order valence-corrected chi connectivity index (χ0v) is 10.7. The number of amides is 1. The molecule has 7 heteroatoms. The highest BCUT2D eigenvalue weighted by molar-refractivity contribution is 6.02. The smallest absolute Gasteiger partial charge is 0.270 e. The largest absolute Gasteiger partial charge is 0.508 e. The summed E-state index contributed by atoms with van der Waals surface area (Å²) >= 11 is 0. The summed E-state index contributed by atoms with van der Waals surface area (Å²) in [5, 5.41) is 25.8. The minimum absolute atomic E-state index is 0.131. The van der Waals surface area contributed by atoms with Gasteiger partial charge in [0, 0.05) is 17.8 Å². The molecule has 3 N–H and O–H groups in total. The molecule has 106 valence electrons. The van der Waals surface area contributed by atoms with Crippen LogP contribution in [0.3, 0.4) is 0 Å². The van der Waals surface area contributed by atoms with Crippen LogP contribution in [0.25, 0.3) is 0 Å². The molecule has 0 radical (unpaired) electrons. The van der Waals surface area contributed by atoms with Crippen molar-refractivity contribution in [2.75, 3.05) is 5.32 Å². The molecule has 0 spiro atoms. The molecule has 1 unspecified atom stereocenters. The zero-order valence-electron chi connectivity index (χ0n) is 10.7. The molecule has 1 amide bonds. The van der Waals surface area contributed by atoms with Crippen molar-refractivity contribution >= 4 is 17.3 Å². The highest BCUT2D eigenvalue weighted by Gasteiger charge is 2.26. The molecule has 0 saturated carbocycles. The van der Waals surface area contributed by atoms with Gasteiger partial charge in [0.05, 0.1) is 10.5 Å². The van der Waals surface area contributed by atoms with Gasteiger partial charge >= 0.3 is 0 Å². The summed E-state index contributed by atoms with van der Waals surface area (Å²) in [5.41, 5.74) is 1.40. The van der Waals surface area contributed by atoms with Crippen molar-refractivity contribution in [2.45, 2.75) is 6.17 Å². The number of aromatic hydroxyl groups is 1. The minimum Gasteiger partial charge on any atom is -0.508 e. The lowest BCUT2D eigenvalue weighted by molar-refractivity contribution is -0.384. The molecule has 1 aliphatic heterocycles. The Morgan fingerprint density at radius 3 is 2.48 bits per heavy atom. The highest BCUT2D eigenvalue weighted by atomic mass is 16.6. The Balaban J connectivity index is 1.94. The first kappa shape index (κ1) is 12.9. The van der Waals surface area contributed by atoms with Gasteiger partial charge < -0.3 is 15.7 Å². The van der Waals surface area contributed by atoms with Crippen molar-refractivity contribution in [3.8, 4) is 5.75 Å². The summed E-state index contributed by atoms with van der Waals surface area (Å²) in [6.45, 7) is 0. The first-order valence-electron chi connectivity index (χ1n) is 6.19. The summed E-state index contributed by atoms with van der Waals surface area (Å²) in [6, 6.07) is 10.5. The van der Waals surface area contributed by atoms with Crippen LogP contribution in [0.1, 0.15) is 22.1 Å². The first-order valence-corrected chi connectivity index (χ1v) is 6.19. The van der Waals surface area contributed by atoms with E-state index in [1.165, 1.54) is 30.3 Å². The Labute approximate surface area is 119 Å². The molecule has 2 aromatic carbocycles. The number of phenols is 1. The molecule has 1 aliphatic rings. The van der Waals surface area contributed by atoms with E-state index < -0.39 is 11.1 Å². The SMILES string of the molecule is O=C1NC(c2ccc(O)cc2)Nc2ccc([N+](=O)[O-])cc21. The van der Waals surface area contributed by atoms with Crippen LogP contribution in [0.4, 0.5) is 11.4 Å². The number of nitro benzene ring substituents is 1. The van der Waals surface area contributed by atoms with Gasteiger partial charge in [0.2, 0.25) is 0 Å². The van der Waals surface area contributed by atoms with Crippen LogP contribution < -0.4 is 10.6 Å². The lowest BCUT2D eigenvalue weighted by Gasteiger charge is -2.28. The number of nitrogens with zero attached hydrogens (tertiary/aromatic N) is 1. The third-order valence-corrected chi connectivity index (χ3v) is 3.26. The van der Waals surface area contributed by atoms with E-state index in [1.807, 2.05) is 0 Å². The van der Waals surface area contributed by atoms with Crippen molar-refractivity contribution in [1.29, 1.82) is 0 Å². The Hall–Kier alpha value is -3.09. The van der Waals surface area contributed by atoms with Gasteiger partial charge in [0.1, 0.15) is 11.9 Å². The van der Waals surface area contributed by atoms with Gasteiger partial charge in [-0.2, -0.15) is 0 Å². The van der Waals surface area contributed by atoms with Gasteiger partial charge in [-0.05, 0) is 23.8 Å². The minimum atomic E-state index is -0.542. The normalized spacial score (nSPS) is 16.6. The third-order valence-electron chi connectivity index (χ3n) is 3.26. The van der Waals surface area contributed by atoms with Crippen LogP contribution in [0, 0.1) is 10.1 Å². The molecule has 3 rings (SSSR count). The van der Waals surface area contributed by atoms with Gasteiger partial charge in [0.25, 0.3) is 11.6 Å². The fourth-order valence-electron chi connectivity index (χ4n) is 2.19. The molecule has 7 nitrogen and oxygen atoms in total. The molecule has 0 saturated heterocycles. The predicted molar refractivity (Wildman–Crippen MR) is 75.0 cm³/mol. The Morgan fingerprint density at radius 1 is 1.10 bits per heavy atom. The topological polar surface area (TPSA) is 104 Å². The number of carbonyl (C=O) groups excluding carboxylic acids is 1. The maximum Gasteiger partial charge on any atom is 0.270 e. The fraction of sp³-hybridized carbons (Fsp3) is 0.0714. The van der Waals surface area contributed by atoms with Crippen LogP contribution in [-0.2, 0) is 0 Å². The van der Waals surface area contributed by atoms with Crippen molar-refractivity contribution in [1.82, 2.24) is 5.32 Å². The predicted octanol–water partition coefficient (Wildman–Crippen LogP) is 2.15. The number of anilines is 1. The second-order valence-electron chi connectivity index (χ2n) is 4.63. The lowest BCUT2D eigenvalue weighted by Crippen LogP contribution is -2.38. The second-order valence-corrected chi connectivity index (χ2v) is 4.63. The number of non-ortho nitro benzene ring substituents is 1. The van der Waals surface area contributed by atoms with Gasteiger partial charge in [-0.25, -0.2) is 0 Å². The molecular formula is C14H11N3O4. The Bertz CT molecular complexity index is 727. The van der Waals surface area contributed by atoms with Gasteiger partial charge in [0.15, 0.2) is 0 Å². The summed E-state index contributed by atoms with van der Waals surface area (Å²) in [7, 11) is 0. The average molecular weight is 285 g/mol. The van der Waals surface area contributed by atoms with E-state index in [1.54, 1.807) is 12.1 Å². The van der Waals surface area contributed by atoms with Gasteiger partial charge in [-0.1, -0.05) is 12.1 Å². The number of carbonyl (C=O) groups is 1. The molecule has 0 fully saturated rings. The van der Waals surface area contributed by atoms with E-state index >= 15 is 0 Å². The Kier molecular flexibility index (Phi) is 2.94. The van der Waals surface area contributed by atoms with Crippen LogP contribution in [0.15, 0.2) is 42.5 Å². The molecule has 2 aromatic rings. The maximum atomic E-state index is 12.1. The monoisotopic (exact) mass is 285 g/mol. The number of rotatable bonds is 2. The van der Waals surface area contributed by atoms with E-state index in [0.29, 0.717) is 5.69 Å². The number of benzene rings is 2. The summed E-state index contributed by atoms with van der Waals surface area (Å²) in [5.74, 6) is -0.248. The number of hydrogen-bond donors (Lipinski definition) is 3. The van der Waals surface area contributed by atoms with E-state index in [9.17, 15) is 20.0 Å². The molecular weight excluding hydrogens is 274 g/mol. The number of hydrogen-bond acceptors (Lipinski definition) is 5. The number of nitrogens with one attached hydrogen (secondary N) is 2. The number of nitro groups is 1. The van der Waals surface area contributed by atoms with Crippen LogP contribution in [0.2, 0.25) is 0 Å². The summed E-state index contributed by atoms with van der Waals surface area (Å²) in [4.78, 5) is 22.3. The molecule has 1 heterocycles. The average Bonchev–Trinajstić information content (AvgIpc) is 2.47. The Morgan fingerprint density at radius 2 is 1.81 bits per heavy atom. The van der Waals surface area contributed by atoms with Crippen molar-refractivity contribution in [3.63, 3.8) is 0 Å². The molecule has 0 aliphatic carbocycles. The quantitative estimate of drug-likeness (QED) is 0.579. The van der Waals surface area contributed by atoms with E-state index in [0.717, 1.165) is 5.56 Å². The van der Waals surface area contributed by atoms with Crippen molar-refractivity contribution < 1.29 is 14.8 Å². The highest BCUT2D eigenvalue weighted by Crippen LogP contribution is 2.29. The van der Waals surface area contributed by atoms with Crippen molar-refractivity contribution in [3.05, 3.63) is 63.7 Å². The van der Waals surface area contributed by atoms with Crippen LogP contribution in [-0.4, -0.2) is 15.9 Å². The van der Waals surface area contributed by atoms with Crippen LogP contribution >= 0.6 is 0 Å². The van der Waals surface area contributed by atoms with E-state index in [2.05, 4.69) is 10.6 Å². The molecule has 0 aromatic heterocycles. The molecule has 21 heavy (non-hydrogen) atoms. The number of fused-ring (bicyclic) bond motifs is 1. The molecule has 0 bridgehead atoms. The first-order chi connectivity index (χ1) is 10.0. The summed E-state index contributed by atoms with van der Waals surface area (Å²) in [6.07, 6.45) is -0.452. The maximum absolute atomic E-state index is 12.1.